The zero-order valence-corrected chi connectivity index (χ0v) is 16.7. The fourth-order valence-electron chi connectivity index (χ4n) is 3.96. The third-order valence-electron chi connectivity index (χ3n) is 5.55. The van der Waals surface area contributed by atoms with Gasteiger partial charge in [0, 0.05) is 19.1 Å². The van der Waals surface area contributed by atoms with Crippen LogP contribution in [-0.4, -0.2) is 54.2 Å². The van der Waals surface area contributed by atoms with Gasteiger partial charge in [0.05, 0.1) is 12.2 Å². The molecule has 7 nitrogen and oxygen atoms in total. The Balaban J connectivity index is 1.32. The summed E-state index contributed by atoms with van der Waals surface area (Å²) in [5.74, 6) is -0.0903. The van der Waals surface area contributed by atoms with Crippen LogP contribution in [0.5, 0.6) is 5.75 Å². The molecule has 0 spiro atoms. The highest BCUT2D eigenvalue weighted by atomic mass is 19.3. The molecule has 2 aromatic carbocycles. The minimum absolute atomic E-state index is 0.0142. The van der Waals surface area contributed by atoms with Crippen molar-refractivity contribution < 1.29 is 27.8 Å². The van der Waals surface area contributed by atoms with E-state index in [1.807, 2.05) is 30.3 Å². The third-order valence-corrected chi connectivity index (χ3v) is 5.55. The number of nitrogens with one attached hydrogen (secondary N) is 1. The van der Waals surface area contributed by atoms with Gasteiger partial charge >= 0.3 is 18.7 Å². The summed E-state index contributed by atoms with van der Waals surface area (Å²) < 4.78 is 35.1. The van der Waals surface area contributed by atoms with Crippen molar-refractivity contribution in [2.24, 2.45) is 0 Å². The van der Waals surface area contributed by atoms with Crippen LogP contribution < -0.4 is 10.1 Å². The van der Waals surface area contributed by atoms with Gasteiger partial charge in [-0.05, 0) is 30.5 Å². The molecule has 0 aliphatic carbocycles. The number of hydrogen-bond donors (Lipinski definition) is 1. The van der Waals surface area contributed by atoms with Crippen LogP contribution in [0.15, 0.2) is 54.6 Å². The summed E-state index contributed by atoms with van der Waals surface area (Å²) >= 11 is 0. The Morgan fingerprint density at radius 2 is 1.74 bits per heavy atom. The van der Waals surface area contributed by atoms with Gasteiger partial charge in [-0.25, -0.2) is 9.59 Å². The van der Waals surface area contributed by atoms with Gasteiger partial charge in [0.2, 0.25) is 0 Å². The lowest BCUT2D eigenvalue weighted by molar-refractivity contribution is -0.0493. The van der Waals surface area contributed by atoms with Gasteiger partial charge < -0.3 is 24.6 Å². The molecule has 2 fully saturated rings. The van der Waals surface area contributed by atoms with Crippen LogP contribution in [0, 0.1) is 0 Å². The van der Waals surface area contributed by atoms with E-state index in [0.717, 1.165) is 5.56 Å². The largest absolute Gasteiger partial charge is 0.439 e. The number of likely N-dealkylation sites (tertiary alicyclic amines) is 1. The normalized spacial score (nSPS) is 19.5. The molecular weight excluding hydrogens is 408 g/mol. The number of anilines is 1. The molecule has 1 unspecified atom stereocenters. The van der Waals surface area contributed by atoms with Crippen LogP contribution in [0.3, 0.4) is 0 Å². The minimum Gasteiger partial charge on any atom is -0.439 e. The average molecular weight is 431 g/mol. The lowest BCUT2D eigenvalue weighted by Crippen LogP contribution is -2.48. The van der Waals surface area contributed by atoms with E-state index in [2.05, 4.69) is 10.1 Å². The molecule has 2 saturated heterocycles. The number of cyclic esters (lactones) is 1. The summed E-state index contributed by atoms with van der Waals surface area (Å²) in [6.07, 6.45) is 0.592. The van der Waals surface area contributed by atoms with Crippen molar-refractivity contribution in [1.82, 2.24) is 9.80 Å². The zero-order chi connectivity index (χ0) is 21.8. The number of carbonyl (C=O) groups excluding carboxylic acids is 2. The van der Waals surface area contributed by atoms with Crippen molar-refractivity contribution in [3.63, 3.8) is 0 Å². The molecule has 164 valence electrons. The second-order valence-corrected chi connectivity index (χ2v) is 7.46. The Morgan fingerprint density at radius 3 is 2.45 bits per heavy atom. The van der Waals surface area contributed by atoms with Crippen molar-refractivity contribution in [2.75, 3.05) is 25.0 Å². The Kier molecular flexibility index (Phi) is 6.20. The molecule has 9 heteroatoms. The number of urea groups is 1. The van der Waals surface area contributed by atoms with Crippen molar-refractivity contribution >= 4 is 17.8 Å². The van der Waals surface area contributed by atoms with Crippen LogP contribution in [0.1, 0.15) is 24.5 Å². The van der Waals surface area contributed by atoms with E-state index in [-0.39, 0.29) is 29.7 Å². The predicted molar refractivity (Wildman–Crippen MR) is 109 cm³/mol. The molecule has 2 heterocycles. The standard InChI is InChI=1S/C22H23F2N3O4/c23-20(24)30-18-9-5-4-8-17(18)25-21(28)26-12-10-16(11-13-26)27-14-19(31-22(27)29)15-6-2-1-3-7-15/h1-9,16,19-20H,10-14H2,(H,25,28). The van der Waals surface area contributed by atoms with E-state index in [1.165, 1.54) is 12.1 Å². The quantitative estimate of drug-likeness (QED) is 0.758. The first-order valence-corrected chi connectivity index (χ1v) is 10.1. The fourth-order valence-corrected chi connectivity index (χ4v) is 3.96. The molecule has 3 amide bonds. The van der Waals surface area contributed by atoms with E-state index in [4.69, 9.17) is 4.74 Å². The first kappa shape index (κ1) is 20.9. The van der Waals surface area contributed by atoms with Gasteiger partial charge in [-0.2, -0.15) is 8.78 Å². The van der Waals surface area contributed by atoms with Crippen molar-refractivity contribution in [3.8, 4) is 5.75 Å². The Bertz CT molecular complexity index is 920. The Hall–Kier alpha value is -3.36. The van der Waals surface area contributed by atoms with E-state index >= 15 is 0 Å². The molecular formula is C22H23F2N3O4. The number of ether oxygens (including phenoxy) is 2. The monoisotopic (exact) mass is 431 g/mol. The van der Waals surface area contributed by atoms with Crippen LogP contribution >= 0.6 is 0 Å². The van der Waals surface area contributed by atoms with Gasteiger partial charge in [0.25, 0.3) is 0 Å². The Labute approximate surface area is 178 Å². The van der Waals surface area contributed by atoms with Gasteiger partial charge in [-0.1, -0.05) is 42.5 Å². The maximum atomic E-state index is 12.6. The number of alkyl halides is 2. The summed E-state index contributed by atoms with van der Waals surface area (Å²) in [6, 6.07) is 15.3. The maximum absolute atomic E-state index is 12.6. The molecule has 4 rings (SSSR count). The number of para-hydroxylation sites is 2. The first-order valence-electron chi connectivity index (χ1n) is 10.1. The first-order chi connectivity index (χ1) is 15.0. The van der Waals surface area contributed by atoms with Crippen LogP contribution in [-0.2, 0) is 4.74 Å². The summed E-state index contributed by atoms with van der Waals surface area (Å²) in [5.41, 5.74) is 1.14. The maximum Gasteiger partial charge on any atom is 0.410 e. The molecule has 0 radical (unpaired) electrons. The number of benzene rings is 2. The van der Waals surface area contributed by atoms with Gasteiger partial charge in [-0.15, -0.1) is 0 Å². The van der Waals surface area contributed by atoms with E-state index in [9.17, 15) is 18.4 Å². The summed E-state index contributed by atoms with van der Waals surface area (Å²) in [4.78, 5) is 28.3. The van der Waals surface area contributed by atoms with E-state index in [0.29, 0.717) is 32.5 Å². The number of piperidine rings is 1. The summed E-state index contributed by atoms with van der Waals surface area (Å²) in [6.45, 7) is -1.62. The summed E-state index contributed by atoms with van der Waals surface area (Å²) in [5, 5.41) is 2.63. The lowest BCUT2D eigenvalue weighted by Gasteiger charge is -2.35. The fraction of sp³-hybridized carbons (Fsp3) is 0.364. The number of nitrogens with zero attached hydrogens (tertiary/aromatic N) is 2. The number of halogens is 2. The molecule has 0 aromatic heterocycles. The predicted octanol–water partition coefficient (Wildman–Crippen LogP) is 4.48. The average Bonchev–Trinajstić information content (AvgIpc) is 3.17. The van der Waals surface area contributed by atoms with E-state index < -0.39 is 12.6 Å². The SMILES string of the molecule is O=C(Nc1ccccc1OC(F)F)N1CCC(N2CC(c3ccccc3)OC2=O)CC1. The highest BCUT2D eigenvalue weighted by molar-refractivity contribution is 5.91. The van der Waals surface area contributed by atoms with Gasteiger partial charge in [0.15, 0.2) is 0 Å². The van der Waals surface area contributed by atoms with Crippen LogP contribution in [0.25, 0.3) is 0 Å². The number of carbonyl (C=O) groups is 2. The molecule has 0 saturated carbocycles. The van der Waals surface area contributed by atoms with Crippen molar-refractivity contribution in [2.45, 2.75) is 31.6 Å². The topological polar surface area (TPSA) is 71.1 Å². The highest BCUT2D eigenvalue weighted by Gasteiger charge is 2.38. The van der Waals surface area contributed by atoms with Crippen LogP contribution in [0.2, 0.25) is 0 Å². The second kappa shape index (κ2) is 9.20. The smallest absolute Gasteiger partial charge is 0.410 e. The van der Waals surface area contributed by atoms with Gasteiger partial charge in [-0.3, -0.25) is 0 Å². The van der Waals surface area contributed by atoms with Crippen molar-refractivity contribution in [1.29, 1.82) is 0 Å². The molecule has 1 N–H and O–H groups in total. The molecule has 2 aliphatic heterocycles. The molecule has 2 aliphatic rings. The van der Waals surface area contributed by atoms with Crippen LogP contribution in [0.4, 0.5) is 24.1 Å². The van der Waals surface area contributed by atoms with Gasteiger partial charge in [0.1, 0.15) is 11.9 Å². The number of amides is 3. The lowest BCUT2D eigenvalue weighted by atomic mass is 10.0. The van der Waals surface area contributed by atoms with E-state index in [1.54, 1.807) is 21.9 Å². The molecule has 0 bridgehead atoms. The number of rotatable bonds is 5. The molecule has 1 atom stereocenters. The highest BCUT2D eigenvalue weighted by Crippen LogP contribution is 2.31. The molecule has 2 aromatic rings. The second-order valence-electron chi connectivity index (χ2n) is 7.46. The zero-order valence-electron chi connectivity index (χ0n) is 16.7. The third kappa shape index (κ3) is 4.87. The molecule has 31 heavy (non-hydrogen) atoms. The number of hydrogen-bond acceptors (Lipinski definition) is 4. The minimum atomic E-state index is -2.98. The van der Waals surface area contributed by atoms with Crippen molar-refractivity contribution in [3.05, 3.63) is 60.2 Å². The Morgan fingerprint density at radius 1 is 1.06 bits per heavy atom. The summed E-state index contributed by atoms with van der Waals surface area (Å²) in [7, 11) is 0.